The van der Waals surface area contributed by atoms with Crippen LogP contribution < -0.4 is 5.32 Å². The maximum atomic E-state index is 12.7. The monoisotopic (exact) mass is 495 g/mol. The molecule has 3 heterocycles. The zero-order chi connectivity index (χ0) is 20.5. The van der Waals surface area contributed by atoms with Crippen LogP contribution in [0.15, 0.2) is 47.2 Å². The summed E-state index contributed by atoms with van der Waals surface area (Å²) in [6, 6.07) is 4.74. The number of hydrogen-bond donors (Lipinski definition) is 2. The van der Waals surface area contributed by atoms with Crippen molar-refractivity contribution in [1.82, 2.24) is 25.0 Å². The molecule has 29 heavy (non-hydrogen) atoms. The standard InChI is InChI=1S/C19H16BrCl2N5O2/c20-11-7-23-27(8-11)10-18(28)26-3-1-2-13(9-26)24-19(29)17-6-14-15(22)4-12(21)5-16(14)25-17/h1-2,4-8,13,25H,3,9-10H2,(H,24,29). The van der Waals surface area contributed by atoms with Crippen LogP contribution in [0.1, 0.15) is 10.5 Å². The van der Waals surface area contributed by atoms with E-state index in [9.17, 15) is 9.59 Å². The van der Waals surface area contributed by atoms with Gasteiger partial charge >= 0.3 is 0 Å². The van der Waals surface area contributed by atoms with Crippen LogP contribution in [-0.2, 0) is 11.3 Å². The summed E-state index contributed by atoms with van der Waals surface area (Å²) < 4.78 is 2.38. The summed E-state index contributed by atoms with van der Waals surface area (Å²) in [5.41, 5.74) is 1.07. The molecule has 1 aliphatic rings. The zero-order valence-electron chi connectivity index (χ0n) is 15.0. The van der Waals surface area contributed by atoms with Gasteiger partial charge in [0.1, 0.15) is 12.2 Å². The van der Waals surface area contributed by atoms with Crippen molar-refractivity contribution in [3.8, 4) is 0 Å². The molecule has 4 rings (SSSR count). The maximum absolute atomic E-state index is 12.7. The first-order valence-electron chi connectivity index (χ1n) is 8.80. The third-order valence-corrected chi connectivity index (χ3v) is 5.52. The van der Waals surface area contributed by atoms with Crippen molar-refractivity contribution in [2.45, 2.75) is 12.6 Å². The number of amides is 2. The number of aromatic amines is 1. The third-order valence-electron chi connectivity index (χ3n) is 4.58. The number of rotatable bonds is 4. The number of hydrogen-bond acceptors (Lipinski definition) is 3. The lowest BCUT2D eigenvalue weighted by Crippen LogP contribution is -2.48. The molecule has 2 amide bonds. The van der Waals surface area contributed by atoms with E-state index in [1.165, 1.54) is 0 Å². The highest BCUT2D eigenvalue weighted by Crippen LogP contribution is 2.28. The lowest BCUT2D eigenvalue weighted by molar-refractivity contribution is -0.131. The largest absolute Gasteiger partial charge is 0.350 e. The van der Waals surface area contributed by atoms with E-state index >= 15 is 0 Å². The van der Waals surface area contributed by atoms with Crippen LogP contribution >= 0.6 is 39.1 Å². The second-order valence-electron chi connectivity index (χ2n) is 6.69. The van der Waals surface area contributed by atoms with Gasteiger partial charge < -0.3 is 15.2 Å². The fourth-order valence-corrected chi connectivity index (χ4v) is 4.09. The third kappa shape index (κ3) is 4.49. The van der Waals surface area contributed by atoms with Crippen LogP contribution in [0.25, 0.3) is 10.9 Å². The summed E-state index contributed by atoms with van der Waals surface area (Å²) in [6.45, 7) is 1.02. The van der Waals surface area contributed by atoms with Gasteiger partial charge in [-0.1, -0.05) is 35.4 Å². The Morgan fingerprint density at radius 2 is 2.14 bits per heavy atom. The van der Waals surface area contributed by atoms with Gasteiger partial charge in [-0.2, -0.15) is 5.10 Å². The Hall–Kier alpha value is -2.29. The highest BCUT2D eigenvalue weighted by molar-refractivity contribution is 9.10. The van der Waals surface area contributed by atoms with E-state index in [1.807, 2.05) is 12.2 Å². The van der Waals surface area contributed by atoms with E-state index in [0.717, 1.165) is 9.86 Å². The molecule has 150 valence electrons. The topological polar surface area (TPSA) is 83.0 Å². The van der Waals surface area contributed by atoms with Gasteiger partial charge in [0.15, 0.2) is 0 Å². The van der Waals surface area contributed by atoms with Crippen LogP contribution in [0.4, 0.5) is 0 Å². The number of nitrogens with one attached hydrogen (secondary N) is 2. The number of halogens is 3. The molecule has 2 N–H and O–H groups in total. The molecule has 0 spiro atoms. The molecule has 0 radical (unpaired) electrons. The summed E-state index contributed by atoms with van der Waals surface area (Å²) in [5, 5.41) is 8.72. The average molecular weight is 497 g/mol. The van der Waals surface area contributed by atoms with E-state index in [4.69, 9.17) is 23.2 Å². The lowest BCUT2D eigenvalue weighted by Gasteiger charge is -2.29. The molecule has 1 unspecified atom stereocenters. The number of nitrogens with zero attached hydrogens (tertiary/aromatic N) is 3. The van der Waals surface area contributed by atoms with Gasteiger partial charge in [0, 0.05) is 35.2 Å². The Kier molecular flexibility index (Phi) is 5.67. The van der Waals surface area contributed by atoms with Gasteiger partial charge in [-0.3, -0.25) is 14.3 Å². The fraction of sp³-hybridized carbons (Fsp3) is 0.211. The first kappa shape index (κ1) is 20.0. The van der Waals surface area contributed by atoms with Crippen LogP contribution in [0.5, 0.6) is 0 Å². The fourth-order valence-electron chi connectivity index (χ4n) is 3.21. The van der Waals surface area contributed by atoms with E-state index in [1.54, 1.807) is 40.2 Å². The Bertz CT molecular complexity index is 1120. The highest BCUT2D eigenvalue weighted by Gasteiger charge is 2.23. The summed E-state index contributed by atoms with van der Waals surface area (Å²) in [5.74, 6) is -0.357. The molecule has 3 aromatic rings. The van der Waals surface area contributed by atoms with Crippen LogP contribution in [0, 0.1) is 0 Å². The SMILES string of the molecule is O=C(NC1C=CCN(C(=O)Cn2cc(Br)cn2)C1)c1cc2c(Cl)cc(Cl)cc2[nH]1. The minimum absolute atomic E-state index is 0.0729. The molecule has 7 nitrogen and oxygen atoms in total. The van der Waals surface area contributed by atoms with Gasteiger partial charge in [0.2, 0.25) is 5.91 Å². The first-order chi connectivity index (χ1) is 13.9. The molecule has 0 bridgehead atoms. The van der Waals surface area contributed by atoms with Gasteiger partial charge in [-0.15, -0.1) is 0 Å². The predicted molar refractivity (Wildman–Crippen MR) is 115 cm³/mol. The van der Waals surface area contributed by atoms with Crippen molar-refractivity contribution >= 4 is 61.8 Å². The maximum Gasteiger partial charge on any atom is 0.268 e. The van der Waals surface area contributed by atoms with E-state index in [0.29, 0.717) is 34.3 Å². The van der Waals surface area contributed by atoms with Crippen LogP contribution in [0.3, 0.4) is 0 Å². The molecule has 2 aromatic heterocycles. The molecule has 0 saturated carbocycles. The van der Waals surface area contributed by atoms with Crippen molar-refractivity contribution in [2.75, 3.05) is 13.1 Å². The molecule has 0 fully saturated rings. The quantitative estimate of drug-likeness (QED) is 0.541. The van der Waals surface area contributed by atoms with Crippen LogP contribution in [0.2, 0.25) is 10.0 Å². The Morgan fingerprint density at radius 3 is 2.90 bits per heavy atom. The van der Waals surface area contributed by atoms with Crippen molar-refractivity contribution in [3.05, 3.63) is 63.0 Å². The smallest absolute Gasteiger partial charge is 0.268 e. The number of carbonyl (C=O) groups is 2. The van der Waals surface area contributed by atoms with E-state index in [2.05, 4.69) is 31.3 Å². The Balaban J connectivity index is 1.42. The molecule has 1 atom stereocenters. The molecule has 0 aliphatic carbocycles. The van der Waals surface area contributed by atoms with Gasteiger partial charge in [0.25, 0.3) is 5.91 Å². The molecule has 10 heteroatoms. The number of aromatic nitrogens is 3. The second kappa shape index (κ2) is 8.22. The Morgan fingerprint density at radius 1 is 1.31 bits per heavy atom. The predicted octanol–water partition coefficient (Wildman–Crippen LogP) is 3.63. The highest BCUT2D eigenvalue weighted by atomic mass is 79.9. The second-order valence-corrected chi connectivity index (χ2v) is 8.45. The lowest BCUT2D eigenvalue weighted by atomic mass is 10.1. The van der Waals surface area contributed by atoms with Gasteiger partial charge in [0.05, 0.1) is 21.7 Å². The average Bonchev–Trinajstić information content (AvgIpc) is 3.28. The number of H-pyrrole nitrogens is 1. The van der Waals surface area contributed by atoms with Gasteiger partial charge in [-0.25, -0.2) is 0 Å². The molecule has 1 aliphatic heterocycles. The summed E-state index contributed by atoms with van der Waals surface area (Å²) >= 11 is 15.5. The van der Waals surface area contributed by atoms with Crippen molar-refractivity contribution < 1.29 is 9.59 Å². The molecular weight excluding hydrogens is 481 g/mol. The summed E-state index contributed by atoms with van der Waals surface area (Å²) in [6.07, 6.45) is 7.13. The normalized spacial score (nSPS) is 16.4. The Labute approximate surface area is 184 Å². The summed E-state index contributed by atoms with van der Waals surface area (Å²) in [4.78, 5) is 29.9. The van der Waals surface area contributed by atoms with Gasteiger partial charge in [-0.05, 0) is 34.1 Å². The van der Waals surface area contributed by atoms with Crippen LogP contribution in [-0.4, -0.2) is 50.6 Å². The number of benzene rings is 1. The molecule has 1 aromatic carbocycles. The van der Waals surface area contributed by atoms with Crippen molar-refractivity contribution in [2.24, 2.45) is 0 Å². The van der Waals surface area contributed by atoms with E-state index < -0.39 is 0 Å². The number of carbonyl (C=O) groups excluding carboxylic acids is 2. The zero-order valence-corrected chi connectivity index (χ0v) is 18.1. The van der Waals surface area contributed by atoms with E-state index in [-0.39, 0.29) is 24.4 Å². The van der Waals surface area contributed by atoms with Crippen molar-refractivity contribution in [3.63, 3.8) is 0 Å². The number of fused-ring (bicyclic) bond motifs is 1. The minimum atomic E-state index is -0.296. The first-order valence-corrected chi connectivity index (χ1v) is 10.3. The summed E-state index contributed by atoms with van der Waals surface area (Å²) in [7, 11) is 0. The molecular formula is C19H16BrCl2N5O2. The minimum Gasteiger partial charge on any atom is -0.350 e. The van der Waals surface area contributed by atoms with Crippen molar-refractivity contribution in [1.29, 1.82) is 0 Å². The molecule has 0 saturated heterocycles.